The molecule has 4 rings (SSSR count). The maximum atomic E-state index is 8.59. The van der Waals surface area contributed by atoms with Crippen LogP contribution in [-0.2, 0) is 7.05 Å². The van der Waals surface area contributed by atoms with Crippen LogP contribution in [0.3, 0.4) is 0 Å². The summed E-state index contributed by atoms with van der Waals surface area (Å²) in [6.45, 7) is 10.1. The van der Waals surface area contributed by atoms with Crippen molar-refractivity contribution in [3.63, 3.8) is 0 Å². The zero-order valence-corrected chi connectivity index (χ0v) is 25.5. The fraction of sp³-hybridized carbons (Fsp3) is 0.438. The van der Waals surface area contributed by atoms with Gasteiger partial charge in [0.15, 0.2) is 0 Å². The summed E-state index contributed by atoms with van der Waals surface area (Å²) in [6.07, 6.45) is 13.4. The highest BCUT2D eigenvalue weighted by atomic mass is 16.5. The monoisotopic (exact) mass is 556 g/mol. The van der Waals surface area contributed by atoms with Crippen molar-refractivity contribution in [2.24, 2.45) is 12.0 Å². The maximum Gasteiger partial charge on any atom is 0.143 e. The molecule has 0 bridgehead atoms. The Labute approximate surface area is 243 Å². The Kier molecular flexibility index (Phi) is 9.47. The van der Waals surface area contributed by atoms with Crippen molar-refractivity contribution in [1.82, 2.24) is 19.2 Å². The Morgan fingerprint density at radius 2 is 1.90 bits per heavy atom. The molecule has 2 aromatic heterocycles. The third-order valence-corrected chi connectivity index (χ3v) is 7.44. The van der Waals surface area contributed by atoms with E-state index in [1.807, 2.05) is 56.9 Å². The fourth-order valence-electron chi connectivity index (χ4n) is 5.50. The van der Waals surface area contributed by atoms with Crippen molar-refractivity contribution in [2.45, 2.75) is 78.8 Å². The predicted octanol–water partition coefficient (Wildman–Crippen LogP) is 7.63. The first-order valence-corrected chi connectivity index (χ1v) is 14.4. The normalized spacial score (nSPS) is 14.2. The molecule has 0 saturated heterocycles. The minimum Gasteiger partial charge on any atom is -0.495 e. The zero-order chi connectivity index (χ0) is 29.7. The molecule has 1 aliphatic carbocycles. The van der Waals surface area contributed by atoms with Gasteiger partial charge in [-0.05, 0) is 71.7 Å². The van der Waals surface area contributed by atoms with E-state index < -0.39 is 0 Å². The van der Waals surface area contributed by atoms with E-state index in [1.165, 1.54) is 31.2 Å². The standard InChI is InChI=1S/C32H44N8O/c1-21(2)15-25-16-29(26-18-35-38(6)19-26)40(27-11-9-8-10-12-27)32(25)37-23(5)36-28-14-13-24(17-30(28)41-7)31(34)39(20-33)22(3)4/h13-20,22,27,33-34H,8-12H2,1-7H3,(H,36,37). The number of anilines is 1. The summed E-state index contributed by atoms with van der Waals surface area (Å²) in [5, 5.41) is 24.2. The van der Waals surface area contributed by atoms with Crippen molar-refractivity contribution in [2.75, 3.05) is 12.4 Å². The van der Waals surface area contributed by atoms with Gasteiger partial charge < -0.3 is 19.5 Å². The van der Waals surface area contributed by atoms with Crippen LogP contribution in [0.5, 0.6) is 5.75 Å². The van der Waals surface area contributed by atoms with Gasteiger partial charge in [-0.2, -0.15) is 5.10 Å². The van der Waals surface area contributed by atoms with E-state index in [9.17, 15) is 0 Å². The summed E-state index contributed by atoms with van der Waals surface area (Å²) >= 11 is 0. The number of ether oxygens (including phenoxy) is 1. The first-order valence-electron chi connectivity index (χ1n) is 14.4. The molecule has 0 aliphatic heterocycles. The molecule has 1 fully saturated rings. The van der Waals surface area contributed by atoms with Gasteiger partial charge in [-0.3, -0.25) is 15.5 Å². The number of aryl methyl sites for hydroxylation is 1. The average molecular weight is 557 g/mol. The summed E-state index contributed by atoms with van der Waals surface area (Å²) in [5.41, 5.74) is 5.98. The third-order valence-electron chi connectivity index (χ3n) is 7.44. The highest BCUT2D eigenvalue weighted by Crippen LogP contribution is 2.41. The van der Waals surface area contributed by atoms with Crippen molar-refractivity contribution in [1.29, 1.82) is 10.8 Å². The van der Waals surface area contributed by atoms with Gasteiger partial charge in [0.1, 0.15) is 23.2 Å². The molecule has 0 atom stereocenters. The minimum atomic E-state index is 0.00476. The molecular formula is C32H44N8O. The zero-order valence-electron chi connectivity index (χ0n) is 25.5. The molecule has 0 unspecified atom stereocenters. The number of amidine groups is 2. The van der Waals surface area contributed by atoms with Crippen LogP contribution in [-0.4, -0.2) is 50.4 Å². The van der Waals surface area contributed by atoms with E-state index >= 15 is 0 Å². The molecule has 1 aliphatic rings. The molecule has 9 heteroatoms. The summed E-state index contributed by atoms with van der Waals surface area (Å²) in [7, 11) is 3.58. The Hall–Kier alpha value is -4.14. The van der Waals surface area contributed by atoms with E-state index in [0.29, 0.717) is 17.4 Å². The van der Waals surface area contributed by atoms with Crippen molar-refractivity contribution in [3.8, 4) is 17.0 Å². The van der Waals surface area contributed by atoms with Crippen LogP contribution in [0, 0.1) is 10.8 Å². The lowest BCUT2D eigenvalue weighted by Gasteiger charge is -2.27. The van der Waals surface area contributed by atoms with Crippen molar-refractivity contribution >= 4 is 35.6 Å². The molecule has 3 N–H and O–H groups in total. The molecule has 218 valence electrons. The average Bonchev–Trinajstić information content (AvgIpc) is 3.52. The lowest BCUT2D eigenvalue weighted by molar-refractivity contribution is 0.358. The summed E-state index contributed by atoms with van der Waals surface area (Å²) in [6, 6.07) is 8.24. The summed E-state index contributed by atoms with van der Waals surface area (Å²) < 4.78 is 9.98. The van der Waals surface area contributed by atoms with Gasteiger partial charge in [0.2, 0.25) is 0 Å². The van der Waals surface area contributed by atoms with Gasteiger partial charge in [-0.15, -0.1) is 0 Å². The van der Waals surface area contributed by atoms with Gasteiger partial charge in [0.05, 0.1) is 31.0 Å². The van der Waals surface area contributed by atoms with Gasteiger partial charge in [-0.25, -0.2) is 4.99 Å². The number of aromatic nitrogens is 3. The fourth-order valence-corrected chi connectivity index (χ4v) is 5.50. The van der Waals surface area contributed by atoms with E-state index in [0.717, 1.165) is 47.0 Å². The number of rotatable bonds is 9. The molecule has 0 spiro atoms. The SMILES string of the molecule is COc1cc(C(=N)N(C=N)C(C)C)ccc1N/C(C)=N/c1c(C=C(C)C)cc(-c2cnn(C)c2)n1C1CCCCC1. The van der Waals surface area contributed by atoms with Crippen LogP contribution in [0.15, 0.2) is 47.2 Å². The number of methoxy groups -OCH3 is 1. The largest absolute Gasteiger partial charge is 0.495 e. The Morgan fingerprint density at radius 1 is 1.17 bits per heavy atom. The second kappa shape index (κ2) is 13.0. The van der Waals surface area contributed by atoms with E-state index in [2.05, 4.69) is 47.2 Å². The summed E-state index contributed by atoms with van der Waals surface area (Å²) in [4.78, 5) is 6.80. The van der Waals surface area contributed by atoms with E-state index in [1.54, 1.807) is 12.0 Å². The number of benzene rings is 1. The Bertz CT molecular complexity index is 1450. The lowest BCUT2D eigenvalue weighted by atomic mass is 9.95. The van der Waals surface area contributed by atoms with Gasteiger partial charge in [0.25, 0.3) is 0 Å². The quantitative estimate of drug-likeness (QED) is 0.186. The molecular weight excluding hydrogens is 512 g/mol. The number of nitrogens with zero attached hydrogens (tertiary/aromatic N) is 5. The van der Waals surface area contributed by atoms with Crippen LogP contribution in [0.4, 0.5) is 11.5 Å². The van der Waals surface area contributed by atoms with Crippen molar-refractivity contribution < 1.29 is 4.74 Å². The Morgan fingerprint density at radius 3 is 2.49 bits per heavy atom. The second-order valence-corrected chi connectivity index (χ2v) is 11.3. The Balaban J connectivity index is 1.76. The smallest absolute Gasteiger partial charge is 0.143 e. The molecule has 41 heavy (non-hydrogen) atoms. The van der Waals surface area contributed by atoms with Crippen LogP contribution >= 0.6 is 0 Å². The van der Waals surface area contributed by atoms with E-state index in [-0.39, 0.29) is 11.9 Å². The van der Waals surface area contributed by atoms with Gasteiger partial charge in [-0.1, -0.05) is 30.9 Å². The molecule has 9 nitrogen and oxygen atoms in total. The predicted molar refractivity (Wildman–Crippen MR) is 170 cm³/mol. The second-order valence-electron chi connectivity index (χ2n) is 11.3. The number of nitrogens with one attached hydrogen (secondary N) is 3. The van der Waals surface area contributed by atoms with Crippen LogP contribution in [0.2, 0.25) is 0 Å². The first-order chi connectivity index (χ1) is 19.6. The molecule has 1 saturated carbocycles. The number of aliphatic imine (C=N–C) groups is 1. The van der Waals surface area contributed by atoms with Crippen molar-refractivity contribution in [3.05, 3.63) is 53.4 Å². The van der Waals surface area contributed by atoms with Crippen LogP contribution < -0.4 is 10.1 Å². The van der Waals surface area contributed by atoms with Gasteiger partial charge in [0, 0.05) is 42.0 Å². The number of hydrogen-bond acceptors (Lipinski definition) is 5. The van der Waals surface area contributed by atoms with Gasteiger partial charge >= 0.3 is 0 Å². The summed E-state index contributed by atoms with van der Waals surface area (Å²) in [5.74, 6) is 2.55. The highest BCUT2D eigenvalue weighted by molar-refractivity contribution is 6.04. The molecule has 0 amide bonds. The van der Waals surface area contributed by atoms with Crippen LogP contribution in [0.1, 0.15) is 83.9 Å². The maximum absolute atomic E-state index is 8.59. The lowest BCUT2D eigenvalue weighted by Crippen LogP contribution is -2.35. The number of hydrogen-bond donors (Lipinski definition) is 3. The third kappa shape index (κ3) is 6.78. The van der Waals surface area contributed by atoms with Crippen LogP contribution in [0.25, 0.3) is 17.3 Å². The molecule has 1 aromatic carbocycles. The number of allylic oxidation sites excluding steroid dienone is 1. The van der Waals surface area contributed by atoms with E-state index in [4.69, 9.17) is 20.5 Å². The first kappa shape index (κ1) is 29.8. The molecule has 2 heterocycles. The topological polar surface area (TPSA) is 107 Å². The molecule has 3 aromatic rings. The minimum absolute atomic E-state index is 0.00476. The highest BCUT2D eigenvalue weighted by Gasteiger charge is 2.25. The molecule has 0 radical (unpaired) electrons.